The van der Waals surface area contributed by atoms with Crippen molar-refractivity contribution in [2.24, 2.45) is 11.8 Å². The summed E-state index contributed by atoms with van der Waals surface area (Å²) in [5, 5.41) is 8.89. The first-order valence-corrected chi connectivity index (χ1v) is 32.6. The van der Waals surface area contributed by atoms with E-state index >= 15 is 0 Å². The van der Waals surface area contributed by atoms with Gasteiger partial charge >= 0.3 is 0 Å². The molecule has 13 aromatic carbocycles. The van der Waals surface area contributed by atoms with E-state index in [0.717, 1.165) is 122 Å². The van der Waals surface area contributed by atoms with Gasteiger partial charge in [0.25, 0.3) is 0 Å². The first kappa shape index (κ1) is 54.2. The summed E-state index contributed by atoms with van der Waals surface area (Å²) in [5.41, 5.74) is 18.0. The Bertz CT molecular complexity index is 5830. The first-order valence-electron chi connectivity index (χ1n) is 32.6. The van der Waals surface area contributed by atoms with Crippen LogP contribution in [0.1, 0.15) is 6.42 Å². The van der Waals surface area contributed by atoms with Crippen molar-refractivity contribution in [3.8, 4) is 29.0 Å². The maximum absolute atomic E-state index is 5.67. The largest absolute Gasteiger partial charge is 0.311 e. The summed E-state index contributed by atoms with van der Waals surface area (Å²) in [6.45, 7) is 0. The van der Waals surface area contributed by atoms with E-state index in [1.807, 2.05) is 0 Å². The van der Waals surface area contributed by atoms with Crippen molar-refractivity contribution >= 4 is 122 Å². The van der Waals surface area contributed by atoms with Gasteiger partial charge in [0, 0.05) is 94.8 Å². The summed E-state index contributed by atoms with van der Waals surface area (Å²) in [6, 6.07) is 113. The molecule has 4 heterocycles. The van der Waals surface area contributed by atoms with Crippen LogP contribution in [0.15, 0.2) is 339 Å². The molecule has 2 aliphatic carbocycles. The molecule has 0 aliphatic heterocycles. The number of hydrogen-bond acceptors (Lipinski definition) is 6. The first-order chi connectivity index (χ1) is 47.1. The third-order valence-electron chi connectivity index (χ3n) is 19.2. The number of rotatable bonds is 13. The normalized spacial score (nSPS) is 14.3. The second-order valence-electron chi connectivity index (χ2n) is 24.9. The minimum atomic E-state index is 0.510. The Balaban J connectivity index is 0.800. The Kier molecular flexibility index (Phi) is 12.6. The smallest absolute Gasteiger partial charge is 0.240 e. The van der Waals surface area contributed by atoms with Crippen molar-refractivity contribution in [2.75, 3.05) is 14.7 Å². The number of anilines is 8. The average Bonchev–Trinajstić information content (AvgIpc) is 1.61. The van der Waals surface area contributed by atoms with Gasteiger partial charge in [0.1, 0.15) is 0 Å². The summed E-state index contributed by atoms with van der Waals surface area (Å²) >= 11 is 0. The van der Waals surface area contributed by atoms with Crippen LogP contribution in [-0.2, 0) is 0 Å². The molecule has 0 saturated heterocycles. The Morgan fingerprint density at radius 2 is 0.674 bits per heavy atom. The van der Waals surface area contributed by atoms with Crippen molar-refractivity contribution in [1.29, 1.82) is 0 Å². The molecule has 2 atom stereocenters. The number of benzene rings is 13. The Morgan fingerprint density at radius 1 is 0.284 bits per heavy atom. The van der Waals surface area contributed by atoms with E-state index in [9.17, 15) is 0 Å². The van der Waals surface area contributed by atoms with E-state index in [0.29, 0.717) is 29.6 Å². The van der Waals surface area contributed by atoms with E-state index in [4.69, 9.17) is 15.0 Å². The molecule has 2 aliphatic rings. The topological polar surface area (TPSA) is 63.2 Å². The van der Waals surface area contributed by atoms with Gasteiger partial charge in [-0.25, -0.2) is 0 Å². The molecule has 1 saturated carbocycles. The second-order valence-corrected chi connectivity index (χ2v) is 24.9. The van der Waals surface area contributed by atoms with Crippen LogP contribution >= 0.6 is 0 Å². The third-order valence-corrected chi connectivity index (χ3v) is 19.2. The molecule has 19 rings (SSSR count). The summed E-state index contributed by atoms with van der Waals surface area (Å²) in [6.07, 6.45) is 8.35. The van der Waals surface area contributed by atoms with Crippen molar-refractivity contribution in [3.05, 3.63) is 339 Å². The lowest BCUT2D eigenvalue weighted by atomic mass is 10.1. The lowest BCUT2D eigenvalue weighted by Crippen LogP contribution is -2.16. The van der Waals surface area contributed by atoms with Gasteiger partial charge in [-0.15, -0.1) is 0 Å². The summed E-state index contributed by atoms with van der Waals surface area (Å²) in [4.78, 5) is 24.0. The maximum atomic E-state index is 5.67. The van der Waals surface area contributed by atoms with Gasteiger partial charge in [-0.3, -0.25) is 9.13 Å². The Morgan fingerprint density at radius 3 is 1.14 bits per heavy atom. The fraction of sp³-hybridized carbons (Fsp3) is 0.0349. The van der Waals surface area contributed by atoms with Crippen LogP contribution in [0.5, 0.6) is 0 Å². The quantitative estimate of drug-likeness (QED) is 0.115. The van der Waals surface area contributed by atoms with E-state index < -0.39 is 0 Å². The van der Waals surface area contributed by atoms with Gasteiger partial charge < -0.3 is 19.3 Å². The molecule has 1 fully saturated rings. The molecular weight excluding hydrogens is 1160 g/mol. The molecule has 448 valence electrons. The van der Waals surface area contributed by atoms with Crippen LogP contribution in [0.4, 0.5) is 45.5 Å². The van der Waals surface area contributed by atoms with Crippen molar-refractivity contribution in [1.82, 2.24) is 28.7 Å². The molecule has 2 unspecified atom stereocenters. The van der Waals surface area contributed by atoms with Crippen LogP contribution in [0.2, 0.25) is 0 Å². The maximum Gasteiger partial charge on any atom is 0.240 e. The van der Waals surface area contributed by atoms with E-state index in [1.165, 1.54) is 22.9 Å². The zero-order valence-electron chi connectivity index (χ0n) is 51.6. The number of nitrogens with zero attached hydrogens (tertiary/aromatic N) is 9. The standard InChI is InChI=1S/C86H59N9/c1-6-22-62(23-7-1)90(63-24-8-2-9-25-63)69-44-47-81-75(54-69)72-32-16-19-35-78(72)93(81)68-42-40-57-38-39-59(51-60(57)52-68)84-87-85(94-79-36-20-17-33-73(79)76-55-70(45-48-82(76)94)91(64-26-10-3-11-27-64)65-28-12-4-13-29-65)89-86(88-84)95-80-37-21-18-34-74(80)77-56-71(46-49-83(77)95)92(66-30-14-5-15-31-66)67-43-41-58-50-61(58)53-67/h1-49,51-56,58,61H,50H2. The van der Waals surface area contributed by atoms with E-state index in [1.54, 1.807) is 0 Å². The van der Waals surface area contributed by atoms with Gasteiger partial charge in [-0.05, 0) is 187 Å². The molecule has 17 aromatic rings. The Labute approximate surface area is 548 Å². The van der Waals surface area contributed by atoms with Crippen LogP contribution in [0.3, 0.4) is 0 Å². The number of fused-ring (bicyclic) bond motifs is 11. The fourth-order valence-corrected chi connectivity index (χ4v) is 14.7. The van der Waals surface area contributed by atoms with Gasteiger partial charge in [0.2, 0.25) is 11.9 Å². The van der Waals surface area contributed by atoms with E-state index in [2.05, 4.69) is 362 Å². The van der Waals surface area contributed by atoms with Crippen LogP contribution in [-0.4, -0.2) is 28.7 Å². The lowest BCUT2D eigenvalue weighted by molar-refractivity contribution is 0.893. The predicted molar refractivity (Wildman–Crippen MR) is 393 cm³/mol. The second kappa shape index (κ2) is 22.1. The van der Waals surface area contributed by atoms with Gasteiger partial charge in [-0.2, -0.15) is 15.0 Å². The van der Waals surface area contributed by atoms with Gasteiger partial charge in [0.15, 0.2) is 5.82 Å². The third kappa shape index (κ3) is 9.19. The monoisotopic (exact) mass is 1220 g/mol. The molecule has 0 radical (unpaired) electrons. The van der Waals surface area contributed by atoms with Crippen LogP contribution < -0.4 is 14.7 Å². The highest BCUT2D eigenvalue weighted by molar-refractivity contribution is 6.13. The minimum absolute atomic E-state index is 0.510. The molecule has 0 N–H and O–H groups in total. The molecule has 95 heavy (non-hydrogen) atoms. The number of hydrogen-bond donors (Lipinski definition) is 0. The molecular formula is C86H59N9. The van der Waals surface area contributed by atoms with Gasteiger partial charge in [0.05, 0.1) is 33.1 Å². The number of para-hydroxylation sites is 8. The van der Waals surface area contributed by atoms with Crippen molar-refractivity contribution < 1.29 is 0 Å². The van der Waals surface area contributed by atoms with Crippen molar-refractivity contribution in [2.45, 2.75) is 6.42 Å². The number of aromatic nitrogens is 6. The van der Waals surface area contributed by atoms with Gasteiger partial charge in [-0.1, -0.05) is 176 Å². The molecule has 9 nitrogen and oxygen atoms in total. The molecule has 9 heteroatoms. The zero-order chi connectivity index (χ0) is 62.5. The van der Waals surface area contributed by atoms with Crippen LogP contribution in [0, 0.1) is 11.8 Å². The summed E-state index contributed by atoms with van der Waals surface area (Å²) in [5.74, 6) is 2.79. The highest BCUT2D eigenvalue weighted by atomic mass is 15.3. The Hall–Kier alpha value is -12.6. The van der Waals surface area contributed by atoms with Crippen LogP contribution in [0.25, 0.3) is 105 Å². The lowest BCUT2D eigenvalue weighted by Gasteiger charge is -2.27. The fourth-order valence-electron chi connectivity index (χ4n) is 14.7. The average molecular weight is 1220 g/mol. The highest BCUT2D eigenvalue weighted by Crippen LogP contribution is 2.48. The molecule has 4 aromatic heterocycles. The molecule has 0 bridgehead atoms. The van der Waals surface area contributed by atoms with Crippen molar-refractivity contribution in [3.63, 3.8) is 0 Å². The predicted octanol–water partition coefficient (Wildman–Crippen LogP) is 22.2. The zero-order valence-corrected chi connectivity index (χ0v) is 51.6. The SMILES string of the molecule is C1=CC2CC2C=C1N(c1ccccc1)c1ccc2c(c1)c1ccccc1n2-c1nc(-c2ccc3ccc(-n4c5ccccc5c5cc(N(c6ccccc6)c6ccccc6)ccc54)cc3c2)nc(-n2c3ccccc3c3cc(N(c4ccccc4)c4ccccc4)ccc32)n1. The molecule has 0 amide bonds. The number of allylic oxidation sites excluding steroid dienone is 3. The summed E-state index contributed by atoms with van der Waals surface area (Å²) < 4.78 is 6.86. The summed E-state index contributed by atoms with van der Waals surface area (Å²) in [7, 11) is 0. The highest BCUT2D eigenvalue weighted by Gasteiger charge is 2.36. The minimum Gasteiger partial charge on any atom is -0.311 e. The van der Waals surface area contributed by atoms with E-state index in [-0.39, 0.29) is 0 Å². The molecule has 0 spiro atoms.